The minimum atomic E-state index is -0.648. The summed E-state index contributed by atoms with van der Waals surface area (Å²) < 4.78 is 4.97. The van der Waals surface area contributed by atoms with Gasteiger partial charge in [0.05, 0.1) is 22.9 Å². The summed E-state index contributed by atoms with van der Waals surface area (Å²) in [6.45, 7) is -0.445. The van der Waals surface area contributed by atoms with E-state index in [0.717, 1.165) is 5.56 Å². The van der Waals surface area contributed by atoms with E-state index in [9.17, 15) is 9.59 Å². The summed E-state index contributed by atoms with van der Waals surface area (Å²) in [6.07, 6.45) is 0. The molecule has 0 aliphatic rings. The van der Waals surface area contributed by atoms with Crippen LogP contribution in [0.3, 0.4) is 0 Å². The van der Waals surface area contributed by atoms with Crippen molar-refractivity contribution in [3.05, 3.63) is 70.1 Å². The first-order valence-corrected chi connectivity index (χ1v) is 9.00. The Balaban J connectivity index is 1.56. The maximum atomic E-state index is 12.0. The van der Waals surface area contributed by atoms with Crippen molar-refractivity contribution in [3.8, 4) is 17.3 Å². The quantitative estimate of drug-likeness (QED) is 0.653. The molecule has 2 aromatic carbocycles. The molecule has 3 rings (SSSR count). The molecule has 6 nitrogen and oxygen atoms in total. The van der Waals surface area contributed by atoms with Crippen molar-refractivity contribution < 1.29 is 14.3 Å². The van der Waals surface area contributed by atoms with E-state index in [1.807, 2.05) is 24.3 Å². The third-order valence-corrected chi connectivity index (χ3v) is 4.57. The number of hydrogen-bond donors (Lipinski definition) is 1. The van der Waals surface area contributed by atoms with Gasteiger partial charge in [-0.3, -0.25) is 10.1 Å². The van der Waals surface area contributed by atoms with Crippen LogP contribution in [0.4, 0.5) is 5.13 Å². The second-order valence-electron chi connectivity index (χ2n) is 5.33. The second kappa shape index (κ2) is 8.45. The Morgan fingerprint density at radius 3 is 2.63 bits per heavy atom. The van der Waals surface area contributed by atoms with Gasteiger partial charge in [0.15, 0.2) is 11.7 Å². The fourth-order valence-corrected chi connectivity index (χ4v) is 3.13. The number of hydrogen-bond acceptors (Lipinski definition) is 6. The number of esters is 1. The van der Waals surface area contributed by atoms with E-state index in [4.69, 9.17) is 21.6 Å². The summed E-state index contributed by atoms with van der Waals surface area (Å²) in [5.41, 5.74) is 2.11. The summed E-state index contributed by atoms with van der Waals surface area (Å²) in [7, 11) is 0. The van der Waals surface area contributed by atoms with Crippen molar-refractivity contribution in [1.29, 1.82) is 5.26 Å². The van der Waals surface area contributed by atoms with Crippen LogP contribution in [0.25, 0.3) is 11.3 Å². The van der Waals surface area contributed by atoms with Gasteiger partial charge in [0.1, 0.15) is 0 Å². The van der Waals surface area contributed by atoms with E-state index in [2.05, 4.69) is 10.3 Å². The number of nitrogens with one attached hydrogen (secondary N) is 1. The first kappa shape index (κ1) is 18.6. The summed E-state index contributed by atoms with van der Waals surface area (Å²) in [4.78, 5) is 28.2. The van der Waals surface area contributed by atoms with E-state index in [-0.39, 0.29) is 5.56 Å². The van der Waals surface area contributed by atoms with E-state index in [1.54, 1.807) is 11.4 Å². The Morgan fingerprint density at radius 2 is 1.93 bits per heavy atom. The molecular formula is C19H12ClN3O3S. The third kappa shape index (κ3) is 4.70. The highest BCUT2D eigenvalue weighted by Gasteiger charge is 2.13. The van der Waals surface area contributed by atoms with Crippen LogP contribution in [0.5, 0.6) is 0 Å². The molecule has 0 radical (unpaired) electrons. The van der Waals surface area contributed by atoms with Gasteiger partial charge in [-0.15, -0.1) is 11.3 Å². The summed E-state index contributed by atoms with van der Waals surface area (Å²) >= 11 is 7.38. The second-order valence-corrected chi connectivity index (χ2v) is 6.60. The monoisotopic (exact) mass is 397 g/mol. The van der Waals surface area contributed by atoms with Crippen LogP contribution >= 0.6 is 22.9 Å². The molecule has 27 heavy (non-hydrogen) atoms. The summed E-state index contributed by atoms with van der Waals surface area (Å²) in [5.74, 6) is -1.15. The number of ether oxygens (including phenoxy) is 1. The number of rotatable bonds is 5. The van der Waals surface area contributed by atoms with Gasteiger partial charge >= 0.3 is 5.97 Å². The lowest BCUT2D eigenvalue weighted by molar-refractivity contribution is -0.119. The lowest BCUT2D eigenvalue weighted by atomic mass is 10.1. The van der Waals surface area contributed by atoms with Crippen molar-refractivity contribution in [2.45, 2.75) is 0 Å². The van der Waals surface area contributed by atoms with Gasteiger partial charge in [-0.1, -0.05) is 29.8 Å². The number of amides is 1. The van der Waals surface area contributed by atoms with Crippen LogP contribution in [0, 0.1) is 11.3 Å². The highest BCUT2D eigenvalue weighted by Crippen LogP contribution is 2.30. The number of thiazole rings is 1. The normalized spacial score (nSPS) is 10.1. The van der Waals surface area contributed by atoms with Crippen LogP contribution in [-0.4, -0.2) is 23.5 Å². The van der Waals surface area contributed by atoms with Crippen LogP contribution in [0.1, 0.15) is 15.9 Å². The largest absolute Gasteiger partial charge is 0.452 e. The smallest absolute Gasteiger partial charge is 0.338 e. The standard InChI is InChI=1S/C19H12ClN3O3S/c20-15-4-2-1-3-14(15)16-11-27-19(22-16)23-17(24)10-26-18(25)13-7-5-12(9-21)6-8-13/h1-8,11H,10H2,(H,22,23,24). The first-order valence-electron chi connectivity index (χ1n) is 7.74. The Bertz CT molecular complexity index is 1030. The molecule has 1 amide bonds. The zero-order valence-electron chi connectivity index (χ0n) is 13.8. The van der Waals surface area contributed by atoms with Crippen LogP contribution < -0.4 is 5.32 Å². The molecule has 1 heterocycles. The summed E-state index contributed by atoms with van der Waals surface area (Å²) in [5, 5.41) is 14.0. The maximum Gasteiger partial charge on any atom is 0.338 e. The molecule has 1 N–H and O–H groups in total. The molecule has 0 atom stereocenters. The number of benzene rings is 2. The SMILES string of the molecule is N#Cc1ccc(C(=O)OCC(=O)Nc2nc(-c3ccccc3Cl)cs2)cc1. The van der Waals surface area contributed by atoms with Gasteiger partial charge in [-0.2, -0.15) is 5.26 Å². The van der Waals surface area contributed by atoms with Crippen LogP contribution in [0.2, 0.25) is 5.02 Å². The molecule has 0 aliphatic carbocycles. The van der Waals surface area contributed by atoms with Crippen LogP contribution in [-0.2, 0) is 9.53 Å². The van der Waals surface area contributed by atoms with Crippen molar-refractivity contribution in [3.63, 3.8) is 0 Å². The molecule has 134 valence electrons. The number of halogens is 1. The van der Waals surface area contributed by atoms with Gasteiger partial charge in [0, 0.05) is 16.0 Å². The highest BCUT2D eigenvalue weighted by molar-refractivity contribution is 7.14. The van der Waals surface area contributed by atoms with Crippen molar-refractivity contribution in [1.82, 2.24) is 4.98 Å². The fraction of sp³-hybridized carbons (Fsp3) is 0.0526. The molecular weight excluding hydrogens is 386 g/mol. The zero-order valence-corrected chi connectivity index (χ0v) is 15.4. The molecule has 0 fully saturated rings. The number of carbonyl (C=O) groups excluding carboxylic acids is 2. The average Bonchev–Trinajstić information content (AvgIpc) is 3.14. The van der Waals surface area contributed by atoms with E-state index in [1.165, 1.54) is 35.6 Å². The molecule has 0 aliphatic heterocycles. The predicted molar refractivity (Wildman–Crippen MR) is 103 cm³/mol. The number of carbonyl (C=O) groups is 2. The fourth-order valence-electron chi connectivity index (χ4n) is 2.17. The molecule has 0 bridgehead atoms. The number of nitrogens with zero attached hydrogens (tertiary/aromatic N) is 2. The zero-order chi connectivity index (χ0) is 19.2. The lowest BCUT2D eigenvalue weighted by Gasteiger charge is -2.05. The maximum absolute atomic E-state index is 12.0. The summed E-state index contributed by atoms with van der Waals surface area (Å²) in [6, 6.07) is 15.2. The van der Waals surface area contributed by atoms with Crippen molar-refractivity contribution >= 4 is 39.9 Å². The predicted octanol–water partition coefficient (Wildman–Crippen LogP) is 4.13. The molecule has 0 unspecified atom stereocenters. The highest BCUT2D eigenvalue weighted by atomic mass is 35.5. The molecule has 3 aromatic rings. The first-order chi connectivity index (χ1) is 13.1. The van der Waals surface area contributed by atoms with E-state index < -0.39 is 18.5 Å². The lowest BCUT2D eigenvalue weighted by Crippen LogP contribution is -2.20. The number of anilines is 1. The van der Waals surface area contributed by atoms with Crippen LogP contribution in [0.15, 0.2) is 53.9 Å². The van der Waals surface area contributed by atoms with Crippen molar-refractivity contribution in [2.75, 3.05) is 11.9 Å². The third-order valence-electron chi connectivity index (χ3n) is 3.48. The van der Waals surface area contributed by atoms with E-state index >= 15 is 0 Å². The molecule has 0 spiro atoms. The topological polar surface area (TPSA) is 92.1 Å². The Kier molecular flexibility index (Phi) is 5.81. The van der Waals surface area contributed by atoms with Gasteiger partial charge < -0.3 is 4.74 Å². The van der Waals surface area contributed by atoms with Gasteiger partial charge in [-0.05, 0) is 30.3 Å². The Morgan fingerprint density at radius 1 is 1.19 bits per heavy atom. The molecule has 8 heteroatoms. The molecule has 0 saturated heterocycles. The minimum absolute atomic E-state index is 0.261. The molecule has 0 saturated carbocycles. The van der Waals surface area contributed by atoms with Crippen molar-refractivity contribution in [2.24, 2.45) is 0 Å². The Hall–Kier alpha value is -3.21. The van der Waals surface area contributed by atoms with Gasteiger partial charge in [0.25, 0.3) is 5.91 Å². The van der Waals surface area contributed by atoms with Gasteiger partial charge in [-0.25, -0.2) is 9.78 Å². The van der Waals surface area contributed by atoms with E-state index in [0.29, 0.717) is 21.4 Å². The number of aromatic nitrogens is 1. The van der Waals surface area contributed by atoms with Gasteiger partial charge in [0.2, 0.25) is 0 Å². The Labute approximate surface area is 164 Å². The molecule has 1 aromatic heterocycles. The average molecular weight is 398 g/mol. The number of nitriles is 1. The minimum Gasteiger partial charge on any atom is -0.452 e.